The Morgan fingerprint density at radius 3 is 2.54 bits per heavy atom. The molecule has 3 aromatic rings. The molecule has 0 saturated carbocycles. The van der Waals surface area contributed by atoms with Crippen molar-refractivity contribution in [1.82, 2.24) is 20.0 Å². The number of hydrogen-bond donors (Lipinski definition) is 1. The molecule has 1 unspecified atom stereocenters. The summed E-state index contributed by atoms with van der Waals surface area (Å²) in [4.78, 5) is 3.53. The lowest BCUT2D eigenvalue weighted by molar-refractivity contribution is -0.141. The van der Waals surface area contributed by atoms with E-state index in [1.54, 1.807) is 17.8 Å². The molecule has 0 saturated heterocycles. The molecule has 0 aliphatic heterocycles. The van der Waals surface area contributed by atoms with E-state index in [1.165, 1.54) is 0 Å². The minimum Gasteiger partial charge on any atom is -0.361 e. The normalized spacial score (nSPS) is 12.4. The number of hydrogen-bond acceptors (Lipinski definition) is 5. The molecule has 2 heterocycles. The van der Waals surface area contributed by atoms with Crippen LogP contribution in [0.3, 0.4) is 0 Å². The summed E-state index contributed by atoms with van der Waals surface area (Å²) in [5, 5.41) is 20.0. The fourth-order valence-electron chi connectivity index (χ4n) is 2.28. The van der Waals surface area contributed by atoms with E-state index in [-0.39, 0.29) is 11.4 Å². The van der Waals surface area contributed by atoms with Crippen molar-refractivity contribution in [1.29, 1.82) is 5.26 Å². The maximum Gasteiger partial charge on any atom is 0.433 e. The van der Waals surface area contributed by atoms with Crippen molar-refractivity contribution >= 4 is 5.82 Å². The Morgan fingerprint density at radius 2 is 1.88 bits per heavy atom. The number of nitrogens with zero attached hydrogens (tertiary/aromatic N) is 5. The van der Waals surface area contributed by atoms with E-state index in [2.05, 4.69) is 20.6 Å². The van der Waals surface area contributed by atoms with Crippen LogP contribution in [0, 0.1) is 11.3 Å². The molecule has 3 rings (SSSR count). The van der Waals surface area contributed by atoms with Crippen molar-refractivity contribution in [2.45, 2.75) is 19.1 Å². The number of aromatic nitrogens is 4. The number of anilines is 1. The minimum atomic E-state index is -4.59. The highest BCUT2D eigenvalue weighted by Crippen LogP contribution is 2.30. The van der Waals surface area contributed by atoms with Gasteiger partial charge in [0, 0.05) is 0 Å². The molecule has 2 aromatic heterocycles. The van der Waals surface area contributed by atoms with E-state index in [0.29, 0.717) is 5.69 Å². The Kier molecular flexibility index (Phi) is 4.58. The Hall–Kier alpha value is -3.41. The molecule has 9 heteroatoms. The highest BCUT2D eigenvalue weighted by Gasteiger charge is 2.33. The van der Waals surface area contributed by atoms with Gasteiger partial charge in [0.25, 0.3) is 0 Å². The first-order chi connectivity index (χ1) is 12.4. The summed E-state index contributed by atoms with van der Waals surface area (Å²) in [5.41, 5.74) is 0.241. The smallest absolute Gasteiger partial charge is 0.361 e. The molecule has 26 heavy (non-hydrogen) atoms. The third kappa shape index (κ3) is 3.64. The average molecular weight is 358 g/mol. The van der Waals surface area contributed by atoms with E-state index in [1.807, 2.05) is 36.4 Å². The van der Waals surface area contributed by atoms with Gasteiger partial charge in [-0.3, -0.25) is 0 Å². The van der Waals surface area contributed by atoms with Crippen LogP contribution in [-0.4, -0.2) is 20.0 Å². The van der Waals surface area contributed by atoms with Crippen LogP contribution in [0.25, 0.3) is 5.69 Å². The number of nitriles is 1. The van der Waals surface area contributed by atoms with Crippen LogP contribution in [0.1, 0.15) is 29.9 Å². The van der Waals surface area contributed by atoms with Gasteiger partial charge in [0.15, 0.2) is 0 Å². The molecule has 0 fully saturated rings. The van der Waals surface area contributed by atoms with Gasteiger partial charge in [-0.2, -0.15) is 18.4 Å². The van der Waals surface area contributed by atoms with Crippen molar-refractivity contribution in [2.75, 3.05) is 5.32 Å². The van der Waals surface area contributed by atoms with E-state index >= 15 is 0 Å². The number of halogens is 3. The number of rotatable bonds is 4. The summed E-state index contributed by atoms with van der Waals surface area (Å²) in [5.74, 6) is -0.149. The Labute approximate surface area is 146 Å². The largest absolute Gasteiger partial charge is 0.433 e. The lowest BCUT2D eigenvalue weighted by Gasteiger charge is -2.14. The van der Waals surface area contributed by atoms with Gasteiger partial charge in [0.05, 0.1) is 23.5 Å². The maximum atomic E-state index is 12.9. The van der Waals surface area contributed by atoms with Gasteiger partial charge in [0.2, 0.25) is 0 Å². The molecule has 0 aliphatic rings. The van der Waals surface area contributed by atoms with Crippen LogP contribution >= 0.6 is 0 Å². The van der Waals surface area contributed by atoms with Crippen molar-refractivity contribution in [3.05, 3.63) is 65.6 Å². The highest BCUT2D eigenvalue weighted by atomic mass is 19.4. The molecule has 1 aromatic carbocycles. The lowest BCUT2D eigenvalue weighted by atomic mass is 10.2. The van der Waals surface area contributed by atoms with Gasteiger partial charge in [0.1, 0.15) is 23.3 Å². The monoisotopic (exact) mass is 358 g/mol. The summed E-state index contributed by atoms with van der Waals surface area (Å²) < 4.78 is 40.1. The average Bonchev–Trinajstić information content (AvgIpc) is 3.12. The SMILES string of the molecule is CC(Nc1nc(C(F)(F)F)ccc1C#N)c1cn(-c2ccccc2)nn1. The number of nitrogens with one attached hydrogen (secondary N) is 1. The molecule has 1 atom stereocenters. The number of alkyl halides is 3. The first kappa shape index (κ1) is 17.4. The van der Waals surface area contributed by atoms with Gasteiger partial charge < -0.3 is 5.32 Å². The number of benzene rings is 1. The second-order valence-corrected chi connectivity index (χ2v) is 5.49. The fraction of sp³-hybridized carbons (Fsp3) is 0.176. The first-order valence-electron chi connectivity index (χ1n) is 7.61. The Bertz CT molecular complexity index is 943. The molecule has 0 spiro atoms. The lowest BCUT2D eigenvalue weighted by Crippen LogP contribution is -2.14. The molecule has 132 valence electrons. The van der Waals surface area contributed by atoms with Gasteiger partial charge in [-0.15, -0.1) is 5.10 Å². The van der Waals surface area contributed by atoms with Crippen LogP contribution in [0.15, 0.2) is 48.7 Å². The minimum absolute atomic E-state index is 0.0142. The molecule has 0 radical (unpaired) electrons. The zero-order valence-electron chi connectivity index (χ0n) is 13.6. The van der Waals surface area contributed by atoms with Crippen LogP contribution in [0.2, 0.25) is 0 Å². The third-order valence-electron chi connectivity index (χ3n) is 3.63. The van der Waals surface area contributed by atoms with E-state index in [9.17, 15) is 13.2 Å². The van der Waals surface area contributed by atoms with Gasteiger partial charge in [-0.05, 0) is 31.2 Å². The van der Waals surface area contributed by atoms with Crippen molar-refractivity contribution in [2.24, 2.45) is 0 Å². The molecule has 0 amide bonds. The number of para-hydroxylation sites is 1. The van der Waals surface area contributed by atoms with E-state index in [0.717, 1.165) is 17.8 Å². The fourth-order valence-corrected chi connectivity index (χ4v) is 2.28. The van der Waals surface area contributed by atoms with Crippen LogP contribution in [-0.2, 0) is 6.18 Å². The maximum absolute atomic E-state index is 12.9. The summed E-state index contributed by atoms with van der Waals surface area (Å²) in [6.07, 6.45) is -2.93. The second-order valence-electron chi connectivity index (χ2n) is 5.49. The summed E-state index contributed by atoms with van der Waals surface area (Å²) in [6.45, 7) is 1.70. The van der Waals surface area contributed by atoms with Gasteiger partial charge in [-0.25, -0.2) is 9.67 Å². The van der Waals surface area contributed by atoms with E-state index < -0.39 is 17.9 Å². The van der Waals surface area contributed by atoms with Crippen LogP contribution in [0.5, 0.6) is 0 Å². The first-order valence-corrected chi connectivity index (χ1v) is 7.61. The van der Waals surface area contributed by atoms with Crippen LogP contribution in [0.4, 0.5) is 19.0 Å². The van der Waals surface area contributed by atoms with Crippen molar-refractivity contribution in [3.8, 4) is 11.8 Å². The number of pyridine rings is 1. The van der Waals surface area contributed by atoms with Gasteiger partial charge in [-0.1, -0.05) is 23.4 Å². The molecular formula is C17H13F3N6. The van der Waals surface area contributed by atoms with Crippen molar-refractivity contribution in [3.63, 3.8) is 0 Å². The summed E-state index contributed by atoms with van der Waals surface area (Å²) >= 11 is 0. The molecule has 1 N–H and O–H groups in total. The van der Waals surface area contributed by atoms with Gasteiger partial charge >= 0.3 is 6.18 Å². The molecule has 0 bridgehead atoms. The Balaban J connectivity index is 1.85. The molecule has 0 aliphatic carbocycles. The zero-order chi connectivity index (χ0) is 18.7. The summed E-state index contributed by atoms with van der Waals surface area (Å²) in [7, 11) is 0. The predicted molar refractivity (Wildman–Crippen MR) is 87.4 cm³/mol. The van der Waals surface area contributed by atoms with Crippen LogP contribution < -0.4 is 5.32 Å². The third-order valence-corrected chi connectivity index (χ3v) is 3.63. The standard InChI is InChI=1S/C17H13F3N6/c1-11(14-10-26(25-24-14)13-5-3-2-4-6-13)22-16-12(9-21)7-8-15(23-16)17(18,19)20/h2-8,10-11H,1H3,(H,22,23). The second kappa shape index (κ2) is 6.84. The quantitative estimate of drug-likeness (QED) is 0.769. The molecular weight excluding hydrogens is 345 g/mol. The van der Waals surface area contributed by atoms with Crippen molar-refractivity contribution < 1.29 is 13.2 Å². The Morgan fingerprint density at radius 1 is 1.15 bits per heavy atom. The van der Waals surface area contributed by atoms with E-state index in [4.69, 9.17) is 5.26 Å². The highest BCUT2D eigenvalue weighted by molar-refractivity contribution is 5.53. The summed E-state index contributed by atoms with van der Waals surface area (Å²) in [6, 6.07) is 12.5. The zero-order valence-corrected chi connectivity index (χ0v) is 13.6. The topological polar surface area (TPSA) is 79.4 Å². The predicted octanol–water partition coefficient (Wildman–Crippen LogP) is 3.73. The molecule has 6 nitrogen and oxygen atoms in total.